The first-order valence-corrected chi connectivity index (χ1v) is 5.88. The van der Waals surface area contributed by atoms with Crippen molar-refractivity contribution in [1.29, 1.82) is 0 Å². The lowest BCUT2D eigenvalue weighted by molar-refractivity contribution is 0.0717. The molecule has 2 N–H and O–H groups in total. The lowest BCUT2D eigenvalue weighted by Gasteiger charge is -2.21. The molecule has 0 bridgehead atoms. The fraction of sp³-hybridized carbons (Fsp3) is 0.500. The molecule has 0 aromatic carbocycles. The number of nitrogens with zero attached hydrogens (tertiary/aromatic N) is 2. The van der Waals surface area contributed by atoms with Crippen LogP contribution in [0.2, 0.25) is 0 Å². The summed E-state index contributed by atoms with van der Waals surface area (Å²) in [6.45, 7) is 2.45. The van der Waals surface area contributed by atoms with E-state index in [-0.39, 0.29) is 24.5 Å². The van der Waals surface area contributed by atoms with Crippen LogP contribution in [0, 0.1) is 5.82 Å². The van der Waals surface area contributed by atoms with Gasteiger partial charge in [0.25, 0.3) is 5.91 Å². The monoisotopic (exact) mass is 255 g/mol. The van der Waals surface area contributed by atoms with E-state index in [0.717, 1.165) is 6.42 Å². The average molecular weight is 255 g/mol. The minimum Gasteiger partial charge on any atom is -0.395 e. The third-order valence-corrected chi connectivity index (χ3v) is 2.51. The molecule has 100 valence electrons. The maximum atomic E-state index is 13.9. The predicted octanol–water partition coefficient (Wildman–Crippen LogP) is 1.11. The van der Waals surface area contributed by atoms with Crippen molar-refractivity contribution in [1.82, 2.24) is 9.88 Å². The molecule has 5 nitrogen and oxygen atoms in total. The Morgan fingerprint density at radius 2 is 2.28 bits per heavy atom. The number of hydrogen-bond acceptors (Lipinski definition) is 4. The number of aromatic nitrogens is 1. The van der Waals surface area contributed by atoms with Gasteiger partial charge in [-0.15, -0.1) is 0 Å². The number of halogens is 1. The molecule has 0 fully saturated rings. The van der Waals surface area contributed by atoms with E-state index in [2.05, 4.69) is 10.3 Å². The fourth-order valence-corrected chi connectivity index (χ4v) is 1.66. The summed E-state index contributed by atoms with van der Waals surface area (Å²) in [5.74, 6) is -1.05. The Labute approximate surface area is 106 Å². The second-order valence-electron chi connectivity index (χ2n) is 3.79. The average Bonchev–Trinajstić information content (AvgIpc) is 2.38. The van der Waals surface area contributed by atoms with Crippen molar-refractivity contribution >= 4 is 11.7 Å². The minimum atomic E-state index is -0.663. The zero-order chi connectivity index (χ0) is 13.5. The first-order chi connectivity index (χ1) is 8.65. The number of rotatable bonds is 6. The van der Waals surface area contributed by atoms with Gasteiger partial charge in [-0.1, -0.05) is 6.92 Å². The highest BCUT2D eigenvalue weighted by molar-refractivity contribution is 5.95. The Morgan fingerprint density at radius 1 is 1.56 bits per heavy atom. The molecule has 0 saturated carbocycles. The summed E-state index contributed by atoms with van der Waals surface area (Å²) in [7, 11) is 1.54. The van der Waals surface area contributed by atoms with E-state index >= 15 is 0 Å². The van der Waals surface area contributed by atoms with E-state index in [0.29, 0.717) is 6.54 Å². The second-order valence-corrected chi connectivity index (χ2v) is 3.79. The SMILES string of the molecule is CCCN(CCO)C(=O)c1ccnc(NC)c1F. The molecule has 1 aromatic rings. The van der Waals surface area contributed by atoms with Gasteiger partial charge >= 0.3 is 0 Å². The topological polar surface area (TPSA) is 65.5 Å². The Bertz CT molecular complexity index is 406. The number of carbonyl (C=O) groups excluding carboxylic acids is 1. The van der Waals surface area contributed by atoms with Crippen molar-refractivity contribution in [2.45, 2.75) is 13.3 Å². The molecule has 0 aliphatic heterocycles. The van der Waals surface area contributed by atoms with Gasteiger partial charge in [0.1, 0.15) is 0 Å². The van der Waals surface area contributed by atoms with Gasteiger partial charge in [-0.2, -0.15) is 0 Å². The Balaban J connectivity index is 3.00. The van der Waals surface area contributed by atoms with Crippen molar-refractivity contribution in [2.75, 3.05) is 32.1 Å². The van der Waals surface area contributed by atoms with Gasteiger partial charge in [-0.05, 0) is 12.5 Å². The number of aliphatic hydroxyl groups is 1. The highest BCUT2D eigenvalue weighted by Crippen LogP contribution is 2.16. The number of carbonyl (C=O) groups is 1. The molecular formula is C12H18FN3O2. The number of anilines is 1. The number of nitrogens with one attached hydrogen (secondary N) is 1. The summed E-state index contributed by atoms with van der Waals surface area (Å²) in [4.78, 5) is 17.3. The molecular weight excluding hydrogens is 237 g/mol. The van der Waals surface area contributed by atoms with E-state index < -0.39 is 11.7 Å². The number of hydrogen-bond donors (Lipinski definition) is 2. The van der Waals surface area contributed by atoms with Crippen LogP contribution in [0.15, 0.2) is 12.3 Å². The second kappa shape index (κ2) is 6.90. The largest absolute Gasteiger partial charge is 0.395 e. The van der Waals surface area contributed by atoms with Gasteiger partial charge in [0.15, 0.2) is 11.6 Å². The third kappa shape index (κ3) is 3.16. The molecule has 1 amide bonds. The van der Waals surface area contributed by atoms with Crippen LogP contribution < -0.4 is 5.32 Å². The summed E-state index contributed by atoms with van der Waals surface area (Å²) in [5, 5.41) is 11.5. The molecule has 1 heterocycles. The molecule has 0 unspecified atom stereocenters. The summed E-state index contributed by atoms with van der Waals surface area (Å²) in [6, 6.07) is 1.35. The lowest BCUT2D eigenvalue weighted by Crippen LogP contribution is -2.34. The summed E-state index contributed by atoms with van der Waals surface area (Å²) in [5.41, 5.74) is -0.0312. The normalized spacial score (nSPS) is 10.2. The zero-order valence-electron chi connectivity index (χ0n) is 10.6. The van der Waals surface area contributed by atoms with Crippen LogP contribution in [0.1, 0.15) is 23.7 Å². The van der Waals surface area contributed by atoms with Gasteiger partial charge in [0.05, 0.1) is 12.2 Å². The molecule has 1 aromatic heterocycles. The highest BCUT2D eigenvalue weighted by atomic mass is 19.1. The molecule has 0 radical (unpaired) electrons. The summed E-state index contributed by atoms with van der Waals surface area (Å²) < 4.78 is 13.9. The fourth-order valence-electron chi connectivity index (χ4n) is 1.66. The number of aliphatic hydroxyl groups excluding tert-OH is 1. The minimum absolute atomic E-state index is 0.0312. The molecule has 18 heavy (non-hydrogen) atoms. The predicted molar refractivity (Wildman–Crippen MR) is 67.0 cm³/mol. The molecule has 0 atom stereocenters. The summed E-state index contributed by atoms with van der Waals surface area (Å²) in [6.07, 6.45) is 2.13. The van der Waals surface area contributed by atoms with Crippen molar-refractivity contribution in [3.05, 3.63) is 23.6 Å². The van der Waals surface area contributed by atoms with Crippen molar-refractivity contribution in [2.24, 2.45) is 0 Å². The van der Waals surface area contributed by atoms with Gasteiger partial charge in [0, 0.05) is 26.3 Å². The van der Waals surface area contributed by atoms with Gasteiger partial charge in [-0.3, -0.25) is 4.79 Å². The Morgan fingerprint density at radius 3 is 2.83 bits per heavy atom. The molecule has 1 rings (SSSR count). The van der Waals surface area contributed by atoms with E-state index in [1.165, 1.54) is 24.2 Å². The smallest absolute Gasteiger partial charge is 0.257 e. The van der Waals surface area contributed by atoms with Crippen LogP contribution >= 0.6 is 0 Å². The van der Waals surface area contributed by atoms with Crippen molar-refractivity contribution in [3.8, 4) is 0 Å². The first-order valence-electron chi connectivity index (χ1n) is 5.88. The highest BCUT2D eigenvalue weighted by Gasteiger charge is 2.20. The van der Waals surface area contributed by atoms with E-state index in [1.807, 2.05) is 6.92 Å². The number of amides is 1. The van der Waals surface area contributed by atoms with Crippen LogP contribution in [0.4, 0.5) is 10.2 Å². The molecule has 0 spiro atoms. The van der Waals surface area contributed by atoms with Crippen LogP contribution in [0.25, 0.3) is 0 Å². The molecule has 0 aliphatic carbocycles. The Kier molecular flexibility index (Phi) is 5.51. The zero-order valence-corrected chi connectivity index (χ0v) is 10.6. The lowest BCUT2D eigenvalue weighted by atomic mass is 10.2. The van der Waals surface area contributed by atoms with E-state index in [9.17, 15) is 9.18 Å². The maximum absolute atomic E-state index is 13.9. The van der Waals surface area contributed by atoms with E-state index in [4.69, 9.17) is 5.11 Å². The van der Waals surface area contributed by atoms with Gasteiger partial charge < -0.3 is 15.3 Å². The van der Waals surface area contributed by atoms with Crippen LogP contribution in [-0.2, 0) is 0 Å². The molecule has 0 aliphatic rings. The summed E-state index contributed by atoms with van der Waals surface area (Å²) >= 11 is 0. The first kappa shape index (κ1) is 14.4. The molecule has 0 saturated heterocycles. The maximum Gasteiger partial charge on any atom is 0.257 e. The van der Waals surface area contributed by atoms with Crippen LogP contribution in [0.3, 0.4) is 0 Å². The quantitative estimate of drug-likeness (QED) is 0.799. The van der Waals surface area contributed by atoms with Gasteiger partial charge in [0.2, 0.25) is 0 Å². The van der Waals surface area contributed by atoms with Gasteiger partial charge in [-0.25, -0.2) is 9.37 Å². The Hall–Kier alpha value is -1.69. The third-order valence-electron chi connectivity index (χ3n) is 2.51. The van der Waals surface area contributed by atoms with Crippen LogP contribution in [-0.4, -0.2) is 47.6 Å². The van der Waals surface area contributed by atoms with Crippen molar-refractivity contribution in [3.63, 3.8) is 0 Å². The van der Waals surface area contributed by atoms with Crippen molar-refractivity contribution < 1.29 is 14.3 Å². The van der Waals surface area contributed by atoms with Crippen LogP contribution in [0.5, 0.6) is 0 Å². The standard InChI is InChI=1S/C12H18FN3O2/c1-3-6-16(7-8-17)12(18)9-4-5-15-11(14-2)10(9)13/h4-5,17H,3,6-8H2,1-2H3,(H,14,15). The number of pyridine rings is 1. The molecule has 6 heteroatoms. The van der Waals surface area contributed by atoms with E-state index in [1.54, 1.807) is 0 Å².